The minimum Gasteiger partial charge on any atom is -0.327 e. The summed E-state index contributed by atoms with van der Waals surface area (Å²) in [6.07, 6.45) is 1.17. The second-order valence-corrected chi connectivity index (χ2v) is 8.88. The summed E-state index contributed by atoms with van der Waals surface area (Å²) in [4.78, 5) is 53.2. The van der Waals surface area contributed by atoms with Gasteiger partial charge in [-0.15, -0.1) is 0 Å². The van der Waals surface area contributed by atoms with Gasteiger partial charge in [-0.05, 0) is 42.9 Å². The van der Waals surface area contributed by atoms with Crippen molar-refractivity contribution in [3.63, 3.8) is 0 Å². The standard InChI is InChI=1S/C22H28N4O4/c1-12(2)15-11-25(9-8-16(15)23)10-13-4-3-5-14-19(13)22(30)26(21(14)29)17-6-7-18(27)24-20(17)28/h3-5,12,15-17H,6-11,23H2,1-2H3,(H,24,27,28). The zero-order valence-electron chi connectivity index (χ0n) is 17.4. The summed E-state index contributed by atoms with van der Waals surface area (Å²) < 4.78 is 0. The third-order valence-electron chi connectivity index (χ3n) is 6.60. The third-order valence-corrected chi connectivity index (χ3v) is 6.60. The van der Waals surface area contributed by atoms with E-state index in [0.717, 1.165) is 30.0 Å². The third kappa shape index (κ3) is 3.54. The van der Waals surface area contributed by atoms with E-state index in [4.69, 9.17) is 5.73 Å². The molecule has 3 unspecified atom stereocenters. The predicted molar refractivity (Wildman–Crippen MR) is 109 cm³/mol. The second-order valence-electron chi connectivity index (χ2n) is 8.88. The molecule has 30 heavy (non-hydrogen) atoms. The molecule has 0 aliphatic carbocycles. The van der Waals surface area contributed by atoms with Gasteiger partial charge in [-0.1, -0.05) is 26.0 Å². The van der Waals surface area contributed by atoms with Crippen LogP contribution in [0.5, 0.6) is 0 Å². The Balaban J connectivity index is 1.58. The molecule has 8 nitrogen and oxygen atoms in total. The topological polar surface area (TPSA) is 113 Å². The molecule has 2 fully saturated rings. The van der Waals surface area contributed by atoms with Crippen molar-refractivity contribution < 1.29 is 19.2 Å². The lowest BCUT2D eigenvalue weighted by Gasteiger charge is -2.39. The highest BCUT2D eigenvalue weighted by Crippen LogP contribution is 2.31. The van der Waals surface area contributed by atoms with Crippen LogP contribution in [0.25, 0.3) is 0 Å². The number of nitrogens with zero attached hydrogens (tertiary/aromatic N) is 2. The van der Waals surface area contributed by atoms with E-state index in [2.05, 4.69) is 24.1 Å². The molecular weight excluding hydrogens is 384 g/mol. The first-order valence-electron chi connectivity index (χ1n) is 10.6. The van der Waals surface area contributed by atoms with Crippen molar-refractivity contribution in [1.29, 1.82) is 0 Å². The van der Waals surface area contributed by atoms with Gasteiger partial charge in [-0.2, -0.15) is 0 Å². The van der Waals surface area contributed by atoms with Gasteiger partial charge in [-0.3, -0.25) is 34.3 Å². The van der Waals surface area contributed by atoms with Crippen molar-refractivity contribution in [2.75, 3.05) is 13.1 Å². The van der Waals surface area contributed by atoms with Crippen LogP contribution in [0.4, 0.5) is 0 Å². The molecule has 1 aromatic carbocycles. The second kappa shape index (κ2) is 7.92. The van der Waals surface area contributed by atoms with Crippen LogP contribution in [0.15, 0.2) is 18.2 Å². The van der Waals surface area contributed by atoms with Gasteiger partial charge in [-0.25, -0.2) is 0 Å². The molecule has 0 radical (unpaired) electrons. The number of carbonyl (C=O) groups is 4. The lowest BCUT2D eigenvalue weighted by molar-refractivity contribution is -0.136. The number of hydrogen-bond donors (Lipinski definition) is 2. The fourth-order valence-corrected chi connectivity index (χ4v) is 4.88. The maximum atomic E-state index is 13.2. The normalized spacial score (nSPS) is 27.6. The quantitative estimate of drug-likeness (QED) is 0.711. The minimum absolute atomic E-state index is 0.112. The lowest BCUT2D eigenvalue weighted by Crippen LogP contribution is -2.54. The summed E-state index contributed by atoms with van der Waals surface area (Å²) in [6.45, 7) is 6.60. The molecule has 3 N–H and O–H groups in total. The van der Waals surface area contributed by atoms with Crippen LogP contribution in [-0.4, -0.2) is 58.6 Å². The number of likely N-dealkylation sites (tertiary alicyclic amines) is 1. The fourth-order valence-electron chi connectivity index (χ4n) is 4.88. The van der Waals surface area contributed by atoms with Crippen molar-refractivity contribution in [2.45, 2.75) is 51.7 Å². The van der Waals surface area contributed by atoms with Gasteiger partial charge in [0.05, 0.1) is 11.1 Å². The Morgan fingerprint density at radius 2 is 1.90 bits per heavy atom. The van der Waals surface area contributed by atoms with Crippen LogP contribution in [0, 0.1) is 11.8 Å². The van der Waals surface area contributed by atoms with Gasteiger partial charge in [0.15, 0.2) is 0 Å². The molecule has 1 aromatic rings. The molecule has 4 rings (SSSR count). The molecule has 0 spiro atoms. The SMILES string of the molecule is CC(C)C1CN(Cc2cccc3c2C(=O)N(C2CCC(=O)NC2=O)C3=O)CCC1N. The zero-order valence-corrected chi connectivity index (χ0v) is 17.4. The van der Waals surface area contributed by atoms with Crippen LogP contribution >= 0.6 is 0 Å². The zero-order chi connectivity index (χ0) is 21.6. The van der Waals surface area contributed by atoms with Crippen LogP contribution in [-0.2, 0) is 16.1 Å². The Bertz CT molecular complexity index is 912. The van der Waals surface area contributed by atoms with Gasteiger partial charge < -0.3 is 5.73 Å². The average Bonchev–Trinajstić information content (AvgIpc) is 2.95. The molecule has 0 aromatic heterocycles. The molecule has 3 atom stereocenters. The van der Waals surface area contributed by atoms with Gasteiger partial charge in [0, 0.05) is 25.6 Å². The van der Waals surface area contributed by atoms with Crippen LogP contribution in [0.1, 0.15) is 59.4 Å². The van der Waals surface area contributed by atoms with Gasteiger partial charge in [0.2, 0.25) is 11.8 Å². The van der Waals surface area contributed by atoms with Crippen molar-refractivity contribution in [1.82, 2.24) is 15.1 Å². The minimum atomic E-state index is -0.943. The molecular formula is C22H28N4O4. The highest BCUT2D eigenvalue weighted by molar-refractivity contribution is 6.24. The van der Waals surface area contributed by atoms with Crippen molar-refractivity contribution in [2.24, 2.45) is 17.6 Å². The first kappa shape index (κ1) is 20.7. The molecule has 160 valence electrons. The van der Waals surface area contributed by atoms with Crippen molar-refractivity contribution in [3.05, 3.63) is 34.9 Å². The van der Waals surface area contributed by atoms with Crippen LogP contribution in [0.3, 0.4) is 0 Å². The predicted octanol–water partition coefficient (Wildman–Crippen LogP) is 0.893. The number of carbonyl (C=O) groups excluding carboxylic acids is 4. The first-order valence-corrected chi connectivity index (χ1v) is 10.6. The van der Waals surface area contributed by atoms with E-state index < -0.39 is 23.8 Å². The Morgan fingerprint density at radius 1 is 1.13 bits per heavy atom. The van der Waals surface area contributed by atoms with Crippen LogP contribution in [0.2, 0.25) is 0 Å². The molecule has 0 saturated carbocycles. The lowest BCUT2D eigenvalue weighted by atomic mass is 9.84. The number of hydrogen-bond acceptors (Lipinski definition) is 6. The molecule has 4 amide bonds. The van der Waals surface area contributed by atoms with Crippen molar-refractivity contribution >= 4 is 23.6 Å². The maximum Gasteiger partial charge on any atom is 0.262 e. The van der Waals surface area contributed by atoms with E-state index >= 15 is 0 Å². The van der Waals surface area contributed by atoms with Crippen LogP contribution < -0.4 is 11.1 Å². The molecule has 3 aliphatic rings. The summed E-state index contributed by atoms with van der Waals surface area (Å²) in [7, 11) is 0. The Kier molecular flexibility index (Phi) is 5.46. The number of piperidine rings is 2. The number of imide groups is 2. The van der Waals surface area contributed by atoms with E-state index in [1.165, 1.54) is 0 Å². The molecule has 8 heteroatoms. The van der Waals surface area contributed by atoms with Gasteiger partial charge >= 0.3 is 0 Å². The Hall–Kier alpha value is -2.58. The smallest absolute Gasteiger partial charge is 0.262 e. The fraction of sp³-hybridized carbons (Fsp3) is 0.545. The number of rotatable bonds is 4. The Labute approximate surface area is 175 Å². The molecule has 3 heterocycles. The molecule has 2 saturated heterocycles. The highest BCUT2D eigenvalue weighted by atomic mass is 16.2. The summed E-state index contributed by atoms with van der Waals surface area (Å²) in [5.41, 5.74) is 7.79. The number of fused-ring (bicyclic) bond motifs is 1. The number of amides is 4. The van der Waals surface area contributed by atoms with Gasteiger partial charge in [0.1, 0.15) is 6.04 Å². The monoisotopic (exact) mass is 412 g/mol. The molecule has 0 bridgehead atoms. The average molecular weight is 412 g/mol. The summed E-state index contributed by atoms with van der Waals surface area (Å²) >= 11 is 0. The number of benzene rings is 1. The first-order chi connectivity index (χ1) is 14.3. The molecule has 3 aliphatic heterocycles. The van der Waals surface area contributed by atoms with E-state index in [9.17, 15) is 19.2 Å². The highest BCUT2D eigenvalue weighted by Gasteiger charge is 2.45. The summed E-state index contributed by atoms with van der Waals surface area (Å²) in [5.74, 6) is -1.03. The maximum absolute atomic E-state index is 13.2. The number of nitrogens with one attached hydrogen (secondary N) is 1. The van der Waals surface area contributed by atoms with E-state index in [-0.39, 0.29) is 24.8 Å². The largest absolute Gasteiger partial charge is 0.327 e. The Morgan fingerprint density at radius 3 is 2.60 bits per heavy atom. The van der Waals surface area contributed by atoms with Gasteiger partial charge in [0.25, 0.3) is 11.8 Å². The summed E-state index contributed by atoms with van der Waals surface area (Å²) in [6, 6.07) is 4.52. The van der Waals surface area contributed by atoms with E-state index in [1.54, 1.807) is 12.1 Å². The summed E-state index contributed by atoms with van der Waals surface area (Å²) in [5, 5.41) is 2.23. The van der Waals surface area contributed by atoms with E-state index in [0.29, 0.717) is 29.5 Å². The number of nitrogens with two attached hydrogens (primary N) is 1. The van der Waals surface area contributed by atoms with E-state index in [1.807, 2.05) is 6.07 Å². The van der Waals surface area contributed by atoms with Crippen molar-refractivity contribution in [3.8, 4) is 0 Å².